The van der Waals surface area contributed by atoms with Gasteiger partial charge in [-0.25, -0.2) is 4.98 Å². The Kier molecular flexibility index (Phi) is 3.76. The van der Waals surface area contributed by atoms with E-state index in [2.05, 4.69) is 26.2 Å². The van der Waals surface area contributed by atoms with Crippen molar-refractivity contribution in [1.82, 2.24) is 4.98 Å². The molecule has 2 aromatic rings. The number of carbonyl (C=O) groups excluding carboxylic acids is 1. The van der Waals surface area contributed by atoms with E-state index in [0.717, 1.165) is 0 Å². The van der Waals surface area contributed by atoms with Gasteiger partial charge in [0.25, 0.3) is 5.91 Å². The van der Waals surface area contributed by atoms with Gasteiger partial charge in [-0.3, -0.25) is 4.79 Å². The number of nitrogens with zero attached hydrogens (tertiary/aromatic N) is 1. The van der Waals surface area contributed by atoms with Crippen LogP contribution in [0.3, 0.4) is 0 Å². The summed E-state index contributed by atoms with van der Waals surface area (Å²) in [4.78, 5) is 15.9. The fourth-order valence-corrected chi connectivity index (χ4v) is 1.75. The molecule has 0 spiro atoms. The number of halogens is 2. The molecule has 0 unspecified atom stereocenters. The van der Waals surface area contributed by atoms with Crippen molar-refractivity contribution in [3.05, 3.63) is 57.8 Å². The lowest BCUT2D eigenvalue weighted by atomic mass is 10.2. The first-order valence-electron chi connectivity index (χ1n) is 4.84. The second kappa shape index (κ2) is 5.29. The molecule has 86 valence electrons. The molecule has 0 aliphatic rings. The SMILES string of the molecule is O=C(Nc1ccc(Br)nc1)c1ccccc1Cl. The number of hydrogen-bond donors (Lipinski definition) is 1. The maximum Gasteiger partial charge on any atom is 0.257 e. The van der Waals surface area contributed by atoms with Crippen molar-refractivity contribution in [2.24, 2.45) is 0 Å². The van der Waals surface area contributed by atoms with E-state index in [1.165, 1.54) is 0 Å². The lowest BCUT2D eigenvalue weighted by Crippen LogP contribution is -2.12. The van der Waals surface area contributed by atoms with Crippen LogP contribution in [0.2, 0.25) is 5.02 Å². The Balaban J connectivity index is 2.17. The van der Waals surface area contributed by atoms with Crippen LogP contribution in [0.15, 0.2) is 47.2 Å². The third-order valence-electron chi connectivity index (χ3n) is 2.10. The van der Waals surface area contributed by atoms with Crippen LogP contribution in [0.25, 0.3) is 0 Å². The molecule has 1 aromatic heterocycles. The summed E-state index contributed by atoms with van der Waals surface area (Å²) >= 11 is 9.15. The van der Waals surface area contributed by atoms with Gasteiger partial charge in [-0.15, -0.1) is 0 Å². The van der Waals surface area contributed by atoms with Crippen LogP contribution in [0.1, 0.15) is 10.4 Å². The van der Waals surface area contributed by atoms with Gasteiger partial charge in [-0.1, -0.05) is 23.7 Å². The van der Waals surface area contributed by atoms with E-state index in [9.17, 15) is 4.79 Å². The summed E-state index contributed by atoms with van der Waals surface area (Å²) in [5, 5.41) is 3.15. The summed E-state index contributed by atoms with van der Waals surface area (Å²) in [7, 11) is 0. The standard InChI is InChI=1S/C12H8BrClN2O/c13-11-6-5-8(7-15-11)16-12(17)9-3-1-2-4-10(9)14/h1-7H,(H,16,17). The zero-order valence-electron chi connectivity index (χ0n) is 8.65. The van der Waals surface area contributed by atoms with Gasteiger partial charge in [0, 0.05) is 0 Å². The van der Waals surface area contributed by atoms with Crippen LogP contribution in [0.4, 0.5) is 5.69 Å². The number of pyridine rings is 1. The maximum absolute atomic E-state index is 11.9. The first kappa shape index (κ1) is 12.1. The summed E-state index contributed by atoms with van der Waals surface area (Å²) in [6.07, 6.45) is 1.57. The lowest BCUT2D eigenvalue weighted by Gasteiger charge is -2.06. The molecule has 17 heavy (non-hydrogen) atoms. The smallest absolute Gasteiger partial charge is 0.257 e. The molecule has 0 bridgehead atoms. The topological polar surface area (TPSA) is 42.0 Å². The van der Waals surface area contributed by atoms with E-state index in [-0.39, 0.29) is 5.91 Å². The molecule has 1 amide bonds. The number of rotatable bonds is 2. The van der Waals surface area contributed by atoms with E-state index in [0.29, 0.717) is 20.9 Å². The molecule has 5 heteroatoms. The zero-order chi connectivity index (χ0) is 12.3. The van der Waals surface area contributed by atoms with Gasteiger partial charge in [-0.2, -0.15) is 0 Å². The van der Waals surface area contributed by atoms with E-state index in [1.807, 2.05) is 0 Å². The van der Waals surface area contributed by atoms with Gasteiger partial charge in [-0.05, 0) is 40.2 Å². The van der Waals surface area contributed by atoms with Gasteiger partial charge >= 0.3 is 0 Å². The minimum absolute atomic E-state index is 0.250. The van der Waals surface area contributed by atoms with Crippen molar-refractivity contribution in [1.29, 1.82) is 0 Å². The van der Waals surface area contributed by atoms with Crippen molar-refractivity contribution in [3.8, 4) is 0 Å². The van der Waals surface area contributed by atoms with E-state index in [1.54, 1.807) is 42.6 Å². The molecule has 0 aliphatic heterocycles. The highest BCUT2D eigenvalue weighted by Crippen LogP contribution is 2.17. The molecule has 0 aliphatic carbocycles. The van der Waals surface area contributed by atoms with Gasteiger partial charge in [0.1, 0.15) is 4.60 Å². The first-order chi connectivity index (χ1) is 8.16. The molecule has 0 atom stereocenters. The molecule has 1 aromatic carbocycles. The molecular weight excluding hydrogens is 304 g/mol. The number of benzene rings is 1. The average Bonchev–Trinajstić information content (AvgIpc) is 2.32. The third-order valence-corrected chi connectivity index (χ3v) is 2.90. The number of nitrogens with one attached hydrogen (secondary N) is 1. The second-order valence-electron chi connectivity index (χ2n) is 3.30. The molecule has 1 N–H and O–H groups in total. The highest BCUT2D eigenvalue weighted by atomic mass is 79.9. The van der Waals surface area contributed by atoms with Crippen LogP contribution < -0.4 is 5.32 Å². The summed E-state index contributed by atoms with van der Waals surface area (Å²) < 4.78 is 0.716. The van der Waals surface area contributed by atoms with Crippen molar-refractivity contribution >= 4 is 39.1 Å². The van der Waals surface area contributed by atoms with Gasteiger partial charge in [0.2, 0.25) is 0 Å². The third kappa shape index (κ3) is 3.05. The molecular formula is C12H8BrClN2O. The van der Waals surface area contributed by atoms with Crippen LogP contribution in [0, 0.1) is 0 Å². The molecule has 3 nitrogen and oxygen atoms in total. The number of hydrogen-bond acceptors (Lipinski definition) is 2. The van der Waals surface area contributed by atoms with Gasteiger partial charge in [0.05, 0.1) is 22.5 Å². The number of carbonyl (C=O) groups is 1. The lowest BCUT2D eigenvalue weighted by molar-refractivity contribution is 0.102. The summed E-state index contributed by atoms with van der Waals surface area (Å²) in [6, 6.07) is 10.4. The van der Waals surface area contributed by atoms with Crippen LogP contribution >= 0.6 is 27.5 Å². The van der Waals surface area contributed by atoms with Crippen LogP contribution in [0.5, 0.6) is 0 Å². The number of anilines is 1. The minimum atomic E-state index is -0.250. The van der Waals surface area contributed by atoms with Gasteiger partial charge in [0.15, 0.2) is 0 Å². The molecule has 0 radical (unpaired) electrons. The molecule has 0 fully saturated rings. The molecule has 1 heterocycles. The van der Waals surface area contributed by atoms with Crippen molar-refractivity contribution in [3.63, 3.8) is 0 Å². The predicted molar refractivity (Wildman–Crippen MR) is 71.3 cm³/mol. The van der Waals surface area contributed by atoms with E-state index >= 15 is 0 Å². The number of aromatic nitrogens is 1. The normalized spacial score (nSPS) is 10.0. The Morgan fingerprint density at radius 2 is 2.00 bits per heavy atom. The molecule has 0 saturated carbocycles. The zero-order valence-corrected chi connectivity index (χ0v) is 11.0. The van der Waals surface area contributed by atoms with E-state index < -0.39 is 0 Å². The van der Waals surface area contributed by atoms with Gasteiger partial charge < -0.3 is 5.32 Å². The molecule has 2 rings (SSSR count). The maximum atomic E-state index is 11.9. The summed E-state index contributed by atoms with van der Waals surface area (Å²) in [6.45, 7) is 0. The fraction of sp³-hybridized carbons (Fsp3) is 0. The van der Waals surface area contributed by atoms with Crippen molar-refractivity contribution < 1.29 is 4.79 Å². The first-order valence-corrected chi connectivity index (χ1v) is 6.01. The second-order valence-corrected chi connectivity index (χ2v) is 4.52. The fourth-order valence-electron chi connectivity index (χ4n) is 1.29. The Labute approximate surface area is 112 Å². The monoisotopic (exact) mass is 310 g/mol. The van der Waals surface area contributed by atoms with Crippen molar-refractivity contribution in [2.45, 2.75) is 0 Å². The Morgan fingerprint density at radius 3 is 2.65 bits per heavy atom. The van der Waals surface area contributed by atoms with E-state index in [4.69, 9.17) is 11.6 Å². The Bertz CT molecular complexity index is 542. The Hall–Kier alpha value is -1.39. The largest absolute Gasteiger partial charge is 0.321 e. The summed E-state index contributed by atoms with van der Waals surface area (Å²) in [5.74, 6) is -0.250. The van der Waals surface area contributed by atoms with Crippen LogP contribution in [-0.4, -0.2) is 10.9 Å². The number of amides is 1. The summed E-state index contributed by atoms with van der Waals surface area (Å²) in [5.41, 5.74) is 1.07. The Morgan fingerprint density at radius 1 is 1.24 bits per heavy atom. The average molecular weight is 312 g/mol. The quantitative estimate of drug-likeness (QED) is 0.858. The van der Waals surface area contributed by atoms with Crippen LogP contribution in [-0.2, 0) is 0 Å². The highest BCUT2D eigenvalue weighted by molar-refractivity contribution is 9.10. The molecule has 0 saturated heterocycles. The predicted octanol–water partition coefficient (Wildman–Crippen LogP) is 3.75. The minimum Gasteiger partial charge on any atom is -0.321 e. The highest BCUT2D eigenvalue weighted by Gasteiger charge is 2.09. The van der Waals surface area contributed by atoms with Crippen molar-refractivity contribution in [2.75, 3.05) is 5.32 Å².